The first-order chi connectivity index (χ1) is 12.8. The summed E-state index contributed by atoms with van der Waals surface area (Å²) in [6.07, 6.45) is 4.67. The first-order valence-corrected chi connectivity index (χ1v) is 9.99. The Balaban J connectivity index is 1.74. The van der Waals surface area contributed by atoms with Crippen molar-refractivity contribution in [3.63, 3.8) is 0 Å². The minimum atomic E-state index is -3.39. The highest BCUT2D eigenvalue weighted by Gasteiger charge is 2.32. The van der Waals surface area contributed by atoms with Crippen molar-refractivity contribution in [1.29, 1.82) is 0 Å². The molecule has 27 heavy (non-hydrogen) atoms. The summed E-state index contributed by atoms with van der Waals surface area (Å²) in [5.41, 5.74) is 2.25. The SMILES string of the molecule is CN(C)S(=O)(=O)N1CC[C@@H](Cc2cncc(-c3cccc(C(=O)O)c3)n2)C1. The van der Waals surface area contributed by atoms with Crippen molar-refractivity contribution in [2.45, 2.75) is 12.8 Å². The highest BCUT2D eigenvalue weighted by Crippen LogP contribution is 2.24. The standard InChI is InChI=1S/C18H22N4O4S/c1-21(2)27(25,26)22-7-6-13(12-22)8-16-10-19-11-17(20-16)14-4-3-5-15(9-14)18(23)24/h3-5,9-11,13H,6-8,12H2,1-2H3,(H,23,24)/t13-/m0/s1. The number of carboxylic acids is 1. The Morgan fingerprint density at radius 3 is 2.81 bits per heavy atom. The van der Waals surface area contributed by atoms with E-state index in [9.17, 15) is 13.2 Å². The summed E-state index contributed by atoms with van der Waals surface area (Å²) < 4.78 is 27.2. The summed E-state index contributed by atoms with van der Waals surface area (Å²) in [6.45, 7) is 0.958. The van der Waals surface area contributed by atoms with Gasteiger partial charge in [-0.05, 0) is 30.9 Å². The molecule has 2 aromatic rings. The zero-order valence-corrected chi connectivity index (χ0v) is 16.1. The third-order valence-corrected chi connectivity index (χ3v) is 6.53. The molecule has 0 spiro atoms. The Labute approximate surface area is 158 Å². The van der Waals surface area contributed by atoms with Gasteiger partial charge in [-0.25, -0.2) is 9.78 Å². The van der Waals surface area contributed by atoms with Crippen molar-refractivity contribution in [3.05, 3.63) is 47.9 Å². The molecule has 1 atom stereocenters. The Hall–Kier alpha value is -2.36. The van der Waals surface area contributed by atoms with E-state index in [0.29, 0.717) is 30.8 Å². The van der Waals surface area contributed by atoms with E-state index in [1.807, 2.05) is 0 Å². The molecule has 2 heterocycles. The molecule has 3 rings (SSSR count). The highest BCUT2D eigenvalue weighted by molar-refractivity contribution is 7.86. The van der Waals surface area contributed by atoms with E-state index in [0.717, 1.165) is 12.1 Å². The van der Waals surface area contributed by atoms with Crippen molar-refractivity contribution in [1.82, 2.24) is 18.6 Å². The molecule has 0 aliphatic carbocycles. The fraction of sp³-hybridized carbons (Fsp3) is 0.389. The van der Waals surface area contributed by atoms with Crippen LogP contribution in [0.15, 0.2) is 36.7 Å². The lowest BCUT2D eigenvalue weighted by atomic mass is 10.0. The van der Waals surface area contributed by atoms with E-state index in [1.54, 1.807) is 30.6 Å². The molecule has 0 amide bonds. The van der Waals surface area contributed by atoms with Crippen LogP contribution in [0.4, 0.5) is 0 Å². The lowest BCUT2D eigenvalue weighted by Crippen LogP contribution is -2.38. The van der Waals surface area contributed by atoms with Crippen LogP contribution in [0.5, 0.6) is 0 Å². The Morgan fingerprint density at radius 2 is 2.11 bits per heavy atom. The van der Waals surface area contributed by atoms with E-state index in [1.165, 1.54) is 28.8 Å². The van der Waals surface area contributed by atoms with Gasteiger partial charge in [0.05, 0.1) is 23.1 Å². The number of hydrogen-bond acceptors (Lipinski definition) is 5. The Bertz CT molecular complexity index is 946. The van der Waals surface area contributed by atoms with E-state index in [4.69, 9.17) is 5.11 Å². The predicted octanol–water partition coefficient (Wildman–Crippen LogP) is 1.51. The van der Waals surface area contributed by atoms with Crippen LogP contribution in [0.2, 0.25) is 0 Å². The number of aromatic nitrogens is 2. The van der Waals surface area contributed by atoms with Crippen LogP contribution in [0, 0.1) is 5.92 Å². The smallest absolute Gasteiger partial charge is 0.335 e. The molecule has 1 fully saturated rings. The van der Waals surface area contributed by atoms with Crippen molar-refractivity contribution in [3.8, 4) is 11.3 Å². The second kappa shape index (κ2) is 7.71. The molecule has 0 radical (unpaired) electrons. The van der Waals surface area contributed by atoms with Gasteiger partial charge in [0, 0.05) is 38.9 Å². The average Bonchev–Trinajstić information content (AvgIpc) is 3.11. The van der Waals surface area contributed by atoms with E-state index in [2.05, 4.69) is 9.97 Å². The van der Waals surface area contributed by atoms with Gasteiger partial charge in [-0.1, -0.05) is 12.1 Å². The molecule has 0 saturated carbocycles. The first kappa shape index (κ1) is 19.4. The minimum Gasteiger partial charge on any atom is -0.478 e. The minimum absolute atomic E-state index is 0.176. The van der Waals surface area contributed by atoms with Gasteiger partial charge in [-0.3, -0.25) is 4.98 Å². The molecule has 1 saturated heterocycles. The Kier molecular flexibility index (Phi) is 5.54. The maximum atomic E-state index is 12.2. The molecule has 144 valence electrons. The van der Waals surface area contributed by atoms with Crippen LogP contribution >= 0.6 is 0 Å². The average molecular weight is 390 g/mol. The molecule has 1 N–H and O–H groups in total. The second-order valence-corrected chi connectivity index (χ2v) is 8.93. The topological polar surface area (TPSA) is 104 Å². The highest BCUT2D eigenvalue weighted by atomic mass is 32.2. The molecule has 1 aromatic heterocycles. The third kappa shape index (κ3) is 4.32. The van der Waals surface area contributed by atoms with Crippen LogP contribution in [0.1, 0.15) is 22.5 Å². The molecule has 8 nitrogen and oxygen atoms in total. The number of hydrogen-bond donors (Lipinski definition) is 1. The largest absolute Gasteiger partial charge is 0.478 e. The predicted molar refractivity (Wildman–Crippen MR) is 100 cm³/mol. The number of carboxylic acid groups (broad SMARTS) is 1. The van der Waals surface area contributed by atoms with Crippen LogP contribution in [-0.2, 0) is 16.6 Å². The molecular weight excluding hydrogens is 368 g/mol. The van der Waals surface area contributed by atoms with Gasteiger partial charge in [0.2, 0.25) is 0 Å². The molecular formula is C18H22N4O4S. The van der Waals surface area contributed by atoms with Gasteiger partial charge in [-0.2, -0.15) is 17.0 Å². The normalized spacial score (nSPS) is 18.1. The van der Waals surface area contributed by atoms with Crippen molar-refractivity contribution in [2.75, 3.05) is 27.2 Å². The van der Waals surface area contributed by atoms with Crippen LogP contribution in [0.3, 0.4) is 0 Å². The van der Waals surface area contributed by atoms with Gasteiger partial charge in [-0.15, -0.1) is 0 Å². The lowest BCUT2D eigenvalue weighted by molar-refractivity contribution is 0.0697. The van der Waals surface area contributed by atoms with Gasteiger partial charge in [0.15, 0.2) is 0 Å². The quantitative estimate of drug-likeness (QED) is 0.802. The number of benzene rings is 1. The van der Waals surface area contributed by atoms with Crippen molar-refractivity contribution in [2.24, 2.45) is 5.92 Å². The van der Waals surface area contributed by atoms with Crippen molar-refractivity contribution >= 4 is 16.2 Å². The van der Waals surface area contributed by atoms with Gasteiger partial charge >= 0.3 is 5.97 Å². The van der Waals surface area contributed by atoms with Gasteiger partial charge < -0.3 is 5.11 Å². The fourth-order valence-electron chi connectivity index (χ4n) is 3.16. The number of aromatic carboxylic acids is 1. The van der Waals surface area contributed by atoms with E-state index >= 15 is 0 Å². The molecule has 1 aliphatic heterocycles. The maximum Gasteiger partial charge on any atom is 0.335 e. The van der Waals surface area contributed by atoms with E-state index < -0.39 is 16.2 Å². The van der Waals surface area contributed by atoms with Crippen LogP contribution in [-0.4, -0.2) is 65.3 Å². The molecule has 0 unspecified atom stereocenters. The molecule has 9 heteroatoms. The fourth-order valence-corrected chi connectivity index (χ4v) is 4.35. The summed E-state index contributed by atoms with van der Waals surface area (Å²) in [6, 6.07) is 6.56. The lowest BCUT2D eigenvalue weighted by Gasteiger charge is -2.20. The summed E-state index contributed by atoms with van der Waals surface area (Å²) in [5.74, 6) is -0.816. The monoisotopic (exact) mass is 390 g/mol. The summed E-state index contributed by atoms with van der Waals surface area (Å²) in [5, 5.41) is 9.14. The molecule has 1 aromatic carbocycles. The van der Waals surface area contributed by atoms with Crippen LogP contribution in [0.25, 0.3) is 11.3 Å². The molecule has 0 bridgehead atoms. The summed E-state index contributed by atoms with van der Waals surface area (Å²) >= 11 is 0. The maximum absolute atomic E-state index is 12.2. The molecule has 1 aliphatic rings. The zero-order chi connectivity index (χ0) is 19.6. The first-order valence-electron chi connectivity index (χ1n) is 8.59. The second-order valence-electron chi connectivity index (χ2n) is 6.79. The van der Waals surface area contributed by atoms with E-state index in [-0.39, 0.29) is 11.5 Å². The van der Waals surface area contributed by atoms with Crippen LogP contribution < -0.4 is 0 Å². The van der Waals surface area contributed by atoms with Gasteiger partial charge in [0.1, 0.15) is 0 Å². The van der Waals surface area contributed by atoms with Crippen molar-refractivity contribution < 1.29 is 18.3 Å². The number of nitrogens with zero attached hydrogens (tertiary/aromatic N) is 4. The Morgan fingerprint density at radius 1 is 1.33 bits per heavy atom. The van der Waals surface area contributed by atoms with Gasteiger partial charge in [0.25, 0.3) is 10.2 Å². The third-order valence-electron chi connectivity index (χ3n) is 4.62. The zero-order valence-electron chi connectivity index (χ0n) is 15.2. The summed E-state index contributed by atoms with van der Waals surface area (Å²) in [4.78, 5) is 20.0. The summed E-state index contributed by atoms with van der Waals surface area (Å²) in [7, 11) is -0.330. The number of rotatable bonds is 6. The number of carbonyl (C=O) groups is 1.